The van der Waals surface area contributed by atoms with Crippen LogP contribution in [0.5, 0.6) is 0 Å². The lowest BCUT2D eigenvalue weighted by Crippen LogP contribution is -2.62. The van der Waals surface area contributed by atoms with Crippen LogP contribution in [0.4, 0.5) is 0 Å². The van der Waals surface area contributed by atoms with Crippen molar-refractivity contribution in [3.63, 3.8) is 0 Å². The predicted octanol–water partition coefficient (Wildman–Crippen LogP) is 0.383. The molecular weight excluding hydrogens is 204 g/mol. The van der Waals surface area contributed by atoms with Crippen molar-refractivity contribution in [1.82, 2.24) is 10.2 Å². The molecule has 1 N–H and O–H groups in total. The molecule has 2 amide bonds. The van der Waals surface area contributed by atoms with Crippen LogP contribution >= 0.6 is 0 Å². The zero-order valence-corrected chi connectivity index (χ0v) is 10.3. The summed E-state index contributed by atoms with van der Waals surface area (Å²) in [6.45, 7) is 7.96. The summed E-state index contributed by atoms with van der Waals surface area (Å²) in [6.07, 6.45) is 0. The average molecular weight is 222 g/mol. The maximum absolute atomic E-state index is 12.1. The number of hydrogen-bond donors (Lipinski definition) is 1. The number of rotatable bonds is 1. The van der Waals surface area contributed by atoms with Crippen molar-refractivity contribution in [3.8, 4) is 11.8 Å². The monoisotopic (exact) mass is 222 g/mol. The summed E-state index contributed by atoms with van der Waals surface area (Å²) in [5, 5.41) is 2.73. The Hall–Kier alpha value is -1.50. The lowest BCUT2D eigenvalue weighted by Gasteiger charge is -2.38. The second-order valence-electron chi connectivity index (χ2n) is 4.99. The number of nitrogens with one attached hydrogen (secondary N) is 1. The molecule has 88 valence electrons. The fourth-order valence-corrected chi connectivity index (χ4v) is 1.60. The maximum Gasteiger partial charge on any atom is 0.246 e. The lowest BCUT2D eigenvalue weighted by molar-refractivity contribution is -0.146. The molecule has 0 aromatic rings. The second kappa shape index (κ2) is 4.56. The van der Waals surface area contributed by atoms with E-state index in [2.05, 4.69) is 17.2 Å². The molecule has 1 rings (SSSR count). The molecule has 0 spiro atoms. The van der Waals surface area contributed by atoms with Crippen molar-refractivity contribution in [2.75, 3.05) is 13.1 Å². The first-order valence-electron chi connectivity index (χ1n) is 5.34. The van der Waals surface area contributed by atoms with E-state index >= 15 is 0 Å². The molecule has 1 heterocycles. The highest BCUT2D eigenvalue weighted by atomic mass is 16.2. The summed E-state index contributed by atoms with van der Waals surface area (Å²) < 4.78 is 0. The zero-order chi connectivity index (χ0) is 12.3. The molecule has 0 saturated carbocycles. The molecule has 16 heavy (non-hydrogen) atoms. The number of carbonyl (C=O) groups is 2. The molecule has 1 fully saturated rings. The van der Waals surface area contributed by atoms with Gasteiger partial charge in [-0.1, -0.05) is 26.7 Å². The molecule has 0 aromatic heterocycles. The fraction of sp³-hybridized carbons (Fsp3) is 0.667. The van der Waals surface area contributed by atoms with Gasteiger partial charge in [-0.15, -0.1) is 5.92 Å². The molecule has 4 heteroatoms. The molecule has 0 bridgehead atoms. The van der Waals surface area contributed by atoms with Crippen molar-refractivity contribution in [3.05, 3.63) is 0 Å². The van der Waals surface area contributed by atoms with Gasteiger partial charge in [0.25, 0.3) is 0 Å². The van der Waals surface area contributed by atoms with Crippen LogP contribution in [0.15, 0.2) is 0 Å². The molecule has 0 aliphatic carbocycles. The molecular formula is C12H18N2O2. The number of hydrogen-bond acceptors (Lipinski definition) is 2. The SMILES string of the molecule is CC#CCN1CC(=O)NC(C(C)(C)C)C1=O. The Morgan fingerprint density at radius 3 is 2.56 bits per heavy atom. The summed E-state index contributed by atoms with van der Waals surface area (Å²) >= 11 is 0. The van der Waals surface area contributed by atoms with Gasteiger partial charge in [0.1, 0.15) is 12.6 Å². The summed E-state index contributed by atoms with van der Waals surface area (Å²) in [6, 6.07) is -0.451. The first-order chi connectivity index (χ1) is 7.36. The lowest BCUT2D eigenvalue weighted by atomic mass is 9.85. The van der Waals surface area contributed by atoms with Gasteiger partial charge in [0, 0.05) is 0 Å². The first kappa shape index (κ1) is 12.6. The molecule has 1 saturated heterocycles. The minimum absolute atomic E-state index is 0.0464. The van der Waals surface area contributed by atoms with E-state index in [4.69, 9.17) is 0 Å². The van der Waals surface area contributed by atoms with Crippen LogP contribution in [-0.4, -0.2) is 35.8 Å². The first-order valence-corrected chi connectivity index (χ1v) is 5.34. The van der Waals surface area contributed by atoms with Gasteiger partial charge in [-0.3, -0.25) is 9.59 Å². The van der Waals surface area contributed by atoms with Crippen LogP contribution in [0, 0.1) is 17.3 Å². The Morgan fingerprint density at radius 2 is 2.06 bits per heavy atom. The van der Waals surface area contributed by atoms with Gasteiger partial charge in [0.15, 0.2) is 0 Å². The van der Waals surface area contributed by atoms with Crippen LogP contribution in [0.25, 0.3) is 0 Å². The van der Waals surface area contributed by atoms with E-state index in [1.165, 1.54) is 4.90 Å². The fourth-order valence-electron chi connectivity index (χ4n) is 1.60. The van der Waals surface area contributed by atoms with Crippen molar-refractivity contribution in [2.45, 2.75) is 33.7 Å². The molecule has 4 nitrogen and oxygen atoms in total. The van der Waals surface area contributed by atoms with E-state index in [1.807, 2.05) is 20.8 Å². The molecule has 1 atom stereocenters. The van der Waals surface area contributed by atoms with E-state index in [1.54, 1.807) is 6.92 Å². The highest BCUT2D eigenvalue weighted by Gasteiger charge is 2.39. The Balaban J connectivity index is 2.85. The van der Waals surface area contributed by atoms with Crippen LogP contribution in [0.2, 0.25) is 0 Å². The Bertz CT molecular complexity index is 357. The molecule has 0 radical (unpaired) electrons. The van der Waals surface area contributed by atoms with Gasteiger partial charge in [0.2, 0.25) is 11.8 Å². The number of piperazine rings is 1. The van der Waals surface area contributed by atoms with Crippen molar-refractivity contribution < 1.29 is 9.59 Å². The minimum atomic E-state index is -0.451. The van der Waals surface area contributed by atoms with Gasteiger partial charge < -0.3 is 10.2 Å². The summed E-state index contributed by atoms with van der Waals surface area (Å²) in [4.78, 5) is 25.1. The standard InChI is InChI=1S/C12H18N2O2/c1-5-6-7-14-8-9(15)13-10(11(14)16)12(2,3)4/h10H,7-8H2,1-4H3,(H,13,15). The summed E-state index contributed by atoms with van der Waals surface area (Å²) in [7, 11) is 0. The number of nitrogens with zero attached hydrogens (tertiary/aromatic N) is 1. The third kappa shape index (κ3) is 2.75. The second-order valence-corrected chi connectivity index (χ2v) is 4.99. The summed E-state index contributed by atoms with van der Waals surface area (Å²) in [5.41, 5.74) is -0.273. The molecule has 0 aromatic carbocycles. The minimum Gasteiger partial charge on any atom is -0.342 e. The van der Waals surface area contributed by atoms with Gasteiger partial charge in [-0.2, -0.15) is 0 Å². The third-order valence-electron chi connectivity index (χ3n) is 2.51. The van der Waals surface area contributed by atoms with Crippen molar-refractivity contribution in [2.24, 2.45) is 5.41 Å². The molecule has 1 unspecified atom stereocenters. The normalized spacial score (nSPS) is 21.2. The zero-order valence-electron chi connectivity index (χ0n) is 10.3. The van der Waals surface area contributed by atoms with Gasteiger partial charge in [-0.25, -0.2) is 0 Å². The van der Waals surface area contributed by atoms with Crippen molar-refractivity contribution >= 4 is 11.8 Å². The van der Waals surface area contributed by atoms with E-state index < -0.39 is 6.04 Å². The van der Waals surface area contributed by atoms with E-state index in [0.29, 0.717) is 6.54 Å². The summed E-state index contributed by atoms with van der Waals surface area (Å²) in [5.74, 6) is 5.38. The van der Waals surface area contributed by atoms with Gasteiger partial charge in [0.05, 0.1) is 6.54 Å². The van der Waals surface area contributed by atoms with Crippen LogP contribution in [0.1, 0.15) is 27.7 Å². The van der Waals surface area contributed by atoms with Crippen molar-refractivity contribution in [1.29, 1.82) is 0 Å². The van der Waals surface area contributed by atoms with Crippen LogP contribution < -0.4 is 5.32 Å². The topological polar surface area (TPSA) is 49.4 Å². The van der Waals surface area contributed by atoms with E-state index in [9.17, 15) is 9.59 Å². The highest BCUT2D eigenvalue weighted by molar-refractivity contribution is 5.95. The predicted molar refractivity (Wildman–Crippen MR) is 61.4 cm³/mol. The third-order valence-corrected chi connectivity index (χ3v) is 2.51. The van der Waals surface area contributed by atoms with E-state index in [0.717, 1.165) is 0 Å². The smallest absolute Gasteiger partial charge is 0.246 e. The van der Waals surface area contributed by atoms with Crippen LogP contribution in [-0.2, 0) is 9.59 Å². The van der Waals surface area contributed by atoms with Gasteiger partial charge in [-0.05, 0) is 12.3 Å². The van der Waals surface area contributed by atoms with E-state index in [-0.39, 0.29) is 23.8 Å². The number of carbonyl (C=O) groups excluding carboxylic acids is 2. The van der Waals surface area contributed by atoms with Gasteiger partial charge >= 0.3 is 0 Å². The molecule has 1 aliphatic heterocycles. The highest BCUT2D eigenvalue weighted by Crippen LogP contribution is 2.22. The quantitative estimate of drug-likeness (QED) is 0.652. The Labute approximate surface area is 96.4 Å². The number of amides is 2. The maximum atomic E-state index is 12.1. The Morgan fingerprint density at radius 1 is 1.44 bits per heavy atom. The average Bonchev–Trinajstić information content (AvgIpc) is 2.17. The molecule has 1 aliphatic rings. The van der Waals surface area contributed by atoms with Crippen LogP contribution in [0.3, 0.4) is 0 Å². The largest absolute Gasteiger partial charge is 0.342 e. The Kier molecular flexibility index (Phi) is 3.58.